The number of carbonyl (C=O) groups excluding carboxylic acids is 1. The van der Waals surface area contributed by atoms with Crippen LogP contribution in [0.1, 0.15) is 26.2 Å². The van der Waals surface area contributed by atoms with Crippen LogP contribution in [0.2, 0.25) is 0 Å². The van der Waals surface area contributed by atoms with Gasteiger partial charge in [-0.25, -0.2) is 0 Å². The monoisotopic (exact) mass is 184 g/mol. The summed E-state index contributed by atoms with van der Waals surface area (Å²) in [6.07, 6.45) is 5.04. The number of Topliss-reactive ketones (excluding diaryl/α,β-unsaturated/α-hetero) is 1. The maximum Gasteiger partial charge on any atom is 0.165 e. The SMILES string of the molecule is CC[C@@H]1O[C@@H](CO)C/C=C\CC1=O. The Morgan fingerprint density at radius 3 is 3.00 bits per heavy atom. The number of allylic oxidation sites excluding steroid dienone is 1. The highest BCUT2D eigenvalue weighted by molar-refractivity contribution is 5.84. The van der Waals surface area contributed by atoms with E-state index in [1.807, 2.05) is 19.1 Å². The quantitative estimate of drug-likeness (QED) is 0.653. The Kier molecular flexibility index (Phi) is 4.12. The number of carbonyl (C=O) groups is 1. The second-order valence-corrected chi connectivity index (χ2v) is 3.22. The number of rotatable bonds is 2. The Labute approximate surface area is 78.4 Å². The van der Waals surface area contributed by atoms with Crippen molar-refractivity contribution >= 4 is 5.78 Å². The highest BCUT2D eigenvalue weighted by Gasteiger charge is 2.21. The second kappa shape index (κ2) is 5.14. The molecule has 0 radical (unpaired) electrons. The Morgan fingerprint density at radius 2 is 2.38 bits per heavy atom. The number of hydrogen-bond acceptors (Lipinski definition) is 3. The first-order chi connectivity index (χ1) is 6.27. The normalized spacial score (nSPS) is 32.3. The van der Waals surface area contributed by atoms with E-state index in [-0.39, 0.29) is 24.6 Å². The molecule has 0 aromatic rings. The number of ether oxygens (including phenoxy) is 1. The van der Waals surface area contributed by atoms with E-state index in [1.54, 1.807) is 0 Å². The van der Waals surface area contributed by atoms with E-state index in [0.717, 1.165) is 0 Å². The Hall–Kier alpha value is -0.670. The molecule has 1 aliphatic heterocycles. The van der Waals surface area contributed by atoms with Crippen molar-refractivity contribution in [3.8, 4) is 0 Å². The lowest BCUT2D eigenvalue weighted by molar-refractivity contribution is -0.135. The highest BCUT2D eigenvalue weighted by Crippen LogP contribution is 2.12. The third-order valence-electron chi connectivity index (χ3n) is 2.17. The van der Waals surface area contributed by atoms with Crippen LogP contribution in [-0.2, 0) is 9.53 Å². The molecule has 0 fully saturated rings. The summed E-state index contributed by atoms with van der Waals surface area (Å²) < 4.78 is 5.45. The van der Waals surface area contributed by atoms with Gasteiger partial charge in [0.25, 0.3) is 0 Å². The Morgan fingerprint density at radius 1 is 1.62 bits per heavy atom. The van der Waals surface area contributed by atoms with E-state index in [0.29, 0.717) is 19.3 Å². The van der Waals surface area contributed by atoms with Crippen molar-refractivity contribution in [2.24, 2.45) is 0 Å². The van der Waals surface area contributed by atoms with Crippen LogP contribution in [0.25, 0.3) is 0 Å². The summed E-state index contributed by atoms with van der Waals surface area (Å²) in [5.74, 6) is 0.108. The molecule has 0 saturated carbocycles. The van der Waals surface area contributed by atoms with E-state index in [2.05, 4.69) is 0 Å². The molecule has 2 atom stereocenters. The molecule has 0 aromatic heterocycles. The molecule has 1 aliphatic rings. The van der Waals surface area contributed by atoms with Crippen LogP contribution in [-0.4, -0.2) is 29.7 Å². The summed E-state index contributed by atoms with van der Waals surface area (Å²) in [6.45, 7) is 1.90. The minimum Gasteiger partial charge on any atom is -0.394 e. The van der Waals surface area contributed by atoms with Gasteiger partial charge in [-0.05, 0) is 12.8 Å². The molecule has 1 rings (SSSR count). The summed E-state index contributed by atoms with van der Waals surface area (Å²) in [7, 11) is 0. The molecule has 1 N–H and O–H groups in total. The van der Waals surface area contributed by atoms with Gasteiger partial charge in [0, 0.05) is 6.42 Å². The lowest BCUT2D eigenvalue weighted by Gasteiger charge is -2.22. The summed E-state index contributed by atoms with van der Waals surface area (Å²) >= 11 is 0. The number of ketones is 1. The minimum absolute atomic E-state index is 0.0197. The first-order valence-corrected chi connectivity index (χ1v) is 4.72. The molecule has 0 amide bonds. The van der Waals surface area contributed by atoms with Gasteiger partial charge in [0.1, 0.15) is 6.10 Å². The molecule has 0 spiro atoms. The molecule has 3 heteroatoms. The first kappa shape index (κ1) is 10.4. The molecule has 0 aromatic carbocycles. The lowest BCUT2D eigenvalue weighted by atomic mass is 10.1. The molecule has 3 nitrogen and oxygen atoms in total. The molecule has 13 heavy (non-hydrogen) atoms. The third kappa shape index (κ3) is 2.94. The number of aliphatic hydroxyl groups is 1. The highest BCUT2D eigenvalue weighted by atomic mass is 16.5. The van der Waals surface area contributed by atoms with E-state index in [4.69, 9.17) is 9.84 Å². The van der Waals surface area contributed by atoms with Crippen molar-refractivity contribution in [2.45, 2.75) is 38.4 Å². The van der Waals surface area contributed by atoms with Gasteiger partial charge in [-0.1, -0.05) is 19.1 Å². The Balaban J connectivity index is 2.62. The van der Waals surface area contributed by atoms with Gasteiger partial charge in [0.15, 0.2) is 5.78 Å². The average Bonchev–Trinajstić information content (AvgIpc) is 2.13. The van der Waals surface area contributed by atoms with Crippen LogP contribution >= 0.6 is 0 Å². The fraction of sp³-hybridized carbons (Fsp3) is 0.700. The van der Waals surface area contributed by atoms with Crippen LogP contribution < -0.4 is 0 Å². The van der Waals surface area contributed by atoms with Crippen LogP contribution in [0.4, 0.5) is 0 Å². The van der Waals surface area contributed by atoms with Gasteiger partial charge in [-0.2, -0.15) is 0 Å². The van der Waals surface area contributed by atoms with Gasteiger partial charge >= 0.3 is 0 Å². The predicted molar refractivity (Wildman–Crippen MR) is 49.4 cm³/mol. The zero-order chi connectivity index (χ0) is 9.68. The molecule has 74 valence electrons. The topological polar surface area (TPSA) is 46.5 Å². The average molecular weight is 184 g/mol. The van der Waals surface area contributed by atoms with Crippen LogP contribution in [0.3, 0.4) is 0 Å². The summed E-state index contributed by atoms with van der Waals surface area (Å²) in [4.78, 5) is 11.4. The molecule has 0 bridgehead atoms. The van der Waals surface area contributed by atoms with Crippen LogP contribution in [0.15, 0.2) is 12.2 Å². The first-order valence-electron chi connectivity index (χ1n) is 4.72. The standard InChI is InChI=1S/C10H16O3/c1-2-10-9(12)6-4-3-5-8(7-11)13-10/h3-4,8,10-11H,2,5-7H2,1H3/b4-3-/t8-,10+/m1/s1. The smallest absolute Gasteiger partial charge is 0.165 e. The van der Waals surface area contributed by atoms with Crippen molar-refractivity contribution in [3.05, 3.63) is 12.2 Å². The molecular weight excluding hydrogens is 168 g/mol. The molecule has 1 heterocycles. The van der Waals surface area contributed by atoms with Crippen molar-refractivity contribution in [1.82, 2.24) is 0 Å². The molecular formula is C10H16O3. The minimum atomic E-state index is -0.331. The van der Waals surface area contributed by atoms with E-state index in [9.17, 15) is 4.79 Å². The lowest BCUT2D eigenvalue weighted by Crippen LogP contribution is -2.31. The largest absolute Gasteiger partial charge is 0.394 e. The van der Waals surface area contributed by atoms with Gasteiger partial charge in [0.2, 0.25) is 0 Å². The van der Waals surface area contributed by atoms with Crippen molar-refractivity contribution in [1.29, 1.82) is 0 Å². The van der Waals surface area contributed by atoms with Gasteiger partial charge in [0.05, 0.1) is 12.7 Å². The van der Waals surface area contributed by atoms with Crippen molar-refractivity contribution in [2.75, 3.05) is 6.61 Å². The maximum absolute atomic E-state index is 11.4. The molecule has 0 saturated heterocycles. The summed E-state index contributed by atoms with van der Waals surface area (Å²) in [6, 6.07) is 0. The second-order valence-electron chi connectivity index (χ2n) is 3.22. The van der Waals surface area contributed by atoms with Crippen molar-refractivity contribution < 1.29 is 14.6 Å². The fourth-order valence-corrected chi connectivity index (χ4v) is 1.38. The van der Waals surface area contributed by atoms with E-state index < -0.39 is 0 Å². The van der Waals surface area contributed by atoms with Gasteiger partial charge in [-0.3, -0.25) is 4.79 Å². The van der Waals surface area contributed by atoms with E-state index >= 15 is 0 Å². The number of aliphatic hydroxyl groups excluding tert-OH is 1. The van der Waals surface area contributed by atoms with E-state index in [1.165, 1.54) is 0 Å². The Bertz CT molecular complexity index is 198. The van der Waals surface area contributed by atoms with Crippen LogP contribution in [0.5, 0.6) is 0 Å². The summed E-state index contributed by atoms with van der Waals surface area (Å²) in [5.41, 5.74) is 0. The summed E-state index contributed by atoms with van der Waals surface area (Å²) in [5, 5.41) is 8.94. The predicted octanol–water partition coefficient (Wildman–Crippen LogP) is 1.06. The molecule has 0 unspecified atom stereocenters. The maximum atomic E-state index is 11.4. The fourth-order valence-electron chi connectivity index (χ4n) is 1.38. The van der Waals surface area contributed by atoms with Crippen molar-refractivity contribution in [3.63, 3.8) is 0 Å². The molecule has 0 aliphatic carbocycles. The number of hydrogen-bond donors (Lipinski definition) is 1. The van der Waals surface area contributed by atoms with Gasteiger partial charge < -0.3 is 9.84 Å². The zero-order valence-electron chi connectivity index (χ0n) is 7.90. The van der Waals surface area contributed by atoms with Gasteiger partial charge in [-0.15, -0.1) is 0 Å². The third-order valence-corrected chi connectivity index (χ3v) is 2.17. The zero-order valence-corrected chi connectivity index (χ0v) is 7.90. The van der Waals surface area contributed by atoms with Crippen LogP contribution in [0, 0.1) is 0 Å².